The first-order chi connectivity index (χ1) is 12.1. The summed E-state index contributed by atoms with van der Waals surface area (Å²) in [5.74, 6) is 1.78. The molecule has 0 spiro atoms. The van der Waals surface area contributed by atoms with E-state index in [4.69, 9.17) is 4.74 Å². The highest BCUT2D eigenvalue weighted by atomic mass is 16.5. The summed E-state index contributed by atoms with van der Waals surface area (Å²) < 4.78 is 9.09. The van der Waals surface area contributed by atoms with Crippen LogP contribution in [0.1, 0.15) is 34.8 Å². The number of nitrogens with zero attached hydrogens (tertiary/aromatic N) is 5. The summed E-state index contributed by atoms with van der Waals surface area (Å²) in [6.07, 6.45) is 6.60. The highest BCUT2D eigenvalue weighted by molar-refractivity contribution is 5.92. The molecule has 0 unspecified atom stereocenters. The van der Waals surface area contributed by atoms with Gasteiger partial charge in [0.15, 0.2) is 0 Å². The van der Waals surface area contributed by atoms with E-state index in [0.29, 0.717) is 18.2 Å². The number of amides is 1. The molecule has 1 fully saturated rings. The summed E-state index contributed by atoms with van der Waals surface area (Å²) in [6, 6.07) is 1.78. The third kappa shape index (κ3) is 3.92. The molecule has 0 N–H and O–H groups in total. The van der Waals surface area contributed by atoms with Gasteiger partial charge in [-0.1, -0.05) is 0 Å². The summed E-state index contributed by atoms with van der Waals surface area (Å²) >= 11 is 0. The van der Waals surface area contributed by atoms with Crippen molar-refractivity contribution in [2.45, 2.75) is 32.7 Å². The molecule has 0 aromatic carbocycles. The van der Waals surface area contributed by atoms with Crippen molar-refractivity contribution in [2.75, 3.05) is 26.8 Å². The molecule has 0 aliphatic carbocycles. The predicted octanol–water partition coefficient (Wildman–Crippen LogP) is 1.67. The quantitative estimate of drug-likeness (QED) is 0.799. The Balaban J connectivity index is 1.56. The zero-order chi connectivity index (χ0) is 17.8. The molecule has 1 aliphatic rings. The van der Waals surface area contributed by atoms with Gasteiger partial charge in [0.25, 0.3) is 5.91 Å². The van der Waals surface area contributed by atoms with E-state index in [-0.39, 0.29) is 5.91 Å². The second kappa shape index (κ2) is 7.82. The number of carbonyl (C=O) groups is 1. The summed E-state index contributed by atoms with van der Waals surface area (Å²) in [6.45, 7) is 5.22. The Hall–Kier alpha value is -2.15. The molecule has 1 aliphatic heterocycles. The minimum absolute atomic E-state index is 0.0795. The molecule has 0 atom stereocenters. The molecule has 0 radical (unpaired) electrons. The lowest BCUT2D eigenvalue weighted by Gasteiger charge is -2.32. The Bertz CT molecular complexity index is 713. The van der Waals surface area contributed by atoms with Gasteiger partial charge >= 0.3 is 0 Å². The van der Waals surface area contributed by atoms with E-state index in [1.807, 2.05) is 18.1 Å². The Morgan fingerprint density at radius 1 is 1.36 bits per heavy atom. The van der Waals surface area contributed by atoms with Crippen LogP contribution in [0.25, 0.3) is 0 Å². The number of aromatic nitrogens is 4. The number of methoxy groups -OCH3 is 1. The first-order valence-corrected chi connectivity index (χ1v) is 8.87. The summed E-state index contributed by atoms with van der Waals surface area (Å²) in [5.41, 5.74) is 1.83. The van der Waals surface area contributed by atoms with Gasteiger partial charge in [-0.3, -0.25) is 9.48 Å². The van der Waals surface area contributed by atoms with Gasteiger partial charge in [-0.2, -0.15) is 5.10 Å². The Kier molecular flexibility index (Phi) is 5.53. The maximum absolute atomic E-state index is 12.6. The van der Waals surface area contributed by atoms with E-state index in [0.717, 1.165) is 44.7 Å². The van der Waals surface area contributed by atoms with Crippen molar-refractivity contribution in [3.8, 4) is 0 Å². The highest BCUT2D eigenvalue weighted by Crippen LogP contribution is 2.23. The van der Waals surface area contributed by atoms with Crippen LogP contribution in [0.15, 0.2) is 18.5 Å². The lowest BCUT2D eigenvalue weighted by molar-refractivity contribution is 0.0678. The minimum Gasteiger partial charge on any atom is -0.383 e. The SMILES string of the molecule is COCCn1c(C)cnc1CC1CCN(C(=O)c2ccnn2C)CC1. The second-order valence-corrected chi connectivity index (χ2v) is 6.74. The first-order valence-electron chi connectivity index (χ1n) is 8.87. The van der Waals surface area contributed by atoms with E-state index in [2.05, 4.69) is 21.6 Å². The number of likely N-dealkylation sites (tertiary alicyclic amines) is 1. The molecule has 25 heavy (non-hydrogen) atoms. The van der Waals surface area contributed by atoms with Crippen molar-refractivity contribution in [3.63, 3.8) is 0 Å². The first kappa shape index (κ1) is 17.7. The van der Waals surface area contributed by atoms with Crippen molar-refractivity contribution < 1.29 is 9.53 Å². The Morgan fingerprint density at radius 3 is 2.76 bits per heavy atom. The molecule has 2 aromatic heterocycles. The van der Waals surface area contributed by atoms with Crippen LogP contribution in [0.5, 0.6) is 0 Å². The molecular formula is C18H27N5O2. The van der Waals surface area contributed by atoms with E-state index in [1.54, 1.807) is 24.1 Å². The van der Waals surface area contributed by atoms with E-state index < -0.39 is 0 Å². The van der Waals surface area contributed by atoms with E-state index in [9.17, 15) is 4.79 Å². The normalized spacial score (nSPS) is 15.7. The summed E-state index contributed by atoms with van der Waals surface area (Å²) in [5, 5.41) is 4.09. The van der Waals surface area contributed by atoms with Gasteiger partial charge in [-0.15, -0.1) is 0 Å². The molecule has 1 saturated heterocycles. The number of ether oxygens (including phenoxy) is 1. The average Bonchev–Trinajstić information content (AvgIpc) is 3.19. The van der Waals surface area contributed by atoms with Gasteiger partial charge in [0.2, 0.25) is 0 Å². The monoisotopic (exact) mass is 345 g/mol. The standard InChI is InChI=1S/C18H27N5O2/c1-14-13-19-17(23(14)10-11-25-3)12-15-5-8-22(9-6-15)18(24)16-4-7-20-21(16)2/h4,7,13,15H,5-6,8-12H2,1-3H3. The van der Waals surface area contributed by atoms with Gasteiger partial charge in [0.1, 0.15) is 11.5 Å². The fraction of sp³-hybridized carbons (Fsp3) is 0.611. The van der Waals surface area contributed by atoms with Crippen LogP contribution < -0.4 is 0 Å². The lowest BCUT2D eigenvalue weighted by Crippen LogP contribution is -2.39. The predicted molar refractivity (Wildman–Crippen MR) is 94.4 cm³/mol. The third-order valence-corrected chi connectivity index (χ3v) is 5.07. The number of aryl methyl sites for hydroxylation is 2. The van der Waals surface area contributed by atoms with Crippen LogP contribution in [0.4, 0.5) is 0 Å². The fourth-order valence-corrected chi connectivity index (χ4v) is 3.51. The van der Waals surface area contributed by atoms with Gasteiger partial charge in [0.05, 0.1) is 6.61 Å². The van der Waals surface area contributed by atoms with Gasteiger partial charge in [-0.25, -0.2) is 4.98 Å². The van der Waals surface area contributed by atoms with Crippen molar-refractivity contribution >= 4 is 5.91 Å². The summed E-state index contributed by atoms with van der Waals surface area (Å²) in [4.78, 5) is 19.1. The smallest absolute Gasteiger partial charge is 0.272 e. The van der Waals surface area contributed by atoms with E-state index >= 15 is 0 Å². The average molecular weight is 345 g/mol. The second-order valence-electron chi connectivity index (χ2n) is 6.74. The van der Waals surface area contributed by atoms with Crippen LogP contribution in [0.2, 0.25) is 0 Å². The number of imidazole rings is 1. The zero-order valence-electron chi connectivity index (χ0n) is 15.3. The van der Waals surface area contributed by atoms with Crippen LogP contribution >= 0.6 is 0 Å². The van der Waals surface area contributed by atoms with Crippen molar-refractivity contribution in [3.05, 3.63) is 35.7 Å². The van der Waals surface area contributed by atoms with Gasteiger partial charge in [-0.05, 0) is 31.7 Å². The molecular weight excluding hydrogens is 318 g/mol. The molecule has 3 heterocycles. The maximum atomic E-state index is 12.6. The highest BCUT2D eigenvalue weighted by Gasteiger charge is 2.26. The molecule has 3 rings (SSSR count). The molecule has 136 valence electrons. The molecule has 0 bridgehead atoms. The number of hydrogen-bond acceptors (Lipinski definition) is 4. The number of carbonyl (C=O) groups excluding carboxylic acids is 1. The Labute approximate surface area is 148 Å². The third-order valence-electron chi connectivity index (χ3n) is 5.07. The lowest BCUT2D eigenvalue weighted by atomic mass is 9.93. The number of piperidine rings is 1. The fourth-order valence-electron chi connectivity index (χ4n) is 3.51. The van der Waals surface area contributed by atoms with Crippen molar-refractivity contribution in [2.24, 2.45) is 13.0 Å². The van der Waals surface area contributed by atoms with Crippen LogP contribution in [0, 0.1) is 12.8 Å². The molecule has 7 heteroatoms. The van der Waals surface area contributed by atoms with E-state index in [1.165, 1.54) is 5.69 Å². The maximum Gasteiger partial charge on any atom is 0.272 e. The van der Waals surface area contributed by atoms with Crippen LogP contribution in [-0.2, 0) is 24.8 Å². The van der Waals surface area contributed by atoms with Crippen LogP contribution in [0.3, 0.4) is 0 Å². The molecule has 0 saturated carbocycles. The van der Waals surface area contributed by atoms with Gasteiger partial charge in [0, 0.05) is 58.3 Å². The van der Waals surface area contributed by atoms with Gasteiger partial charge < -0.3 is 14.2 Å². The van der Waals surface area contributed by atoms with Crippen molar-refractivity contribution in [1.82, 2.24) is 24.2 Å². The topological polar surface area (TPSA) is 65.2 Å². The molecule has 7 nitrogen and oxygen atoms in total. The summed E-state index contributed by atoms with van der Waals surface area (Å²) in [7, 11) is 3.53. The zero-order valence-corrected chi connectivity index (χ0v) is 15.3. The van der Waals surface area contributed by atoms with Crippen molar-refractivity contribution in [1.29, 1.82) is 0 Å². The molecule has 2 aromatic rings. The number of hydrogen-bond donors (Lipinski definition) is 0. The Morgan fingerprint density at radius 2 is 2.12 bits per heavy atom. The number of rotatable bonds is 6. The minimum atomic E-state index is 0.0795. The largest absolute Gasteiger partial charge is 0.383 e. The molecule has 1 amide bonds. The van der Waals surface area contributed by atoms with Crippen LogP contribution in [-0.4, -0.2) is 56.9 Å².